The van der Waals surface area contributed by atoms with Gasteiger partial charge in [0.25, 0.3) is 0 Å². The Morgan fingerprint density at radius 2 is 1.83 bits per heavy atom. The first-order valence-electron chi connectivity index (χ1n) is 10.6. The van der Waals surface area contributed by atoms with E-state index in [1.165, 1.54) is 50.1 Å². The molecule has 0 atom stereocenters. The molecule has 29 heavy (non-hydrogen) atoms. The highest BCUT2D eigenvalue weighted by Crippen LogP contribution is 2.61. The third-order valence-corrected chi connectivity index (χ3v) is 7.62. The van der Waals surface area contributed by atoms with Crippen LogP contribution in [0.5, 0.6) is 0 Å². The van der Waals surface area contributed by atoms with Gasteiger partial charge in [-0.2, -0.15) is 9.47 Å². The van der Waals surface area contributed by atoms with Crippen LogP contribution in [0.15, 0.2) is 5.10 Å². The van der Waals surface area contributed by atoms with Crippen LogP contribution in [0.3, 0.4) is 0 Å². The fraction of sp³-hybridized carbons (Fsp3) is 0.714. The van der Waals surface area contributed by atoms with Crippen LogP contribution in [-0.2, 0) is 9.53 Å². The Kier molecular flexibility index (Phi) is 5.64. The van der Waals surface area contributed by atoms with Gasteiger partial charge in [-0.25, -0.2) is 10.2 Å². The van der Waals surface area contributed by atoms with Crippen molar-refractivity contribution in [2.75, 3.05) is 11.9 Å². The number of hydrazone groups is 1. The molecule has 2 N–H and O–H groups in total. The number of nitrogens with one attached hydrogen (secondary N) is 2. The summed E-state index contributed by atoms with van der Waals surface area (Å²) in [6.45, 7) is 5.73. The Hall–Kier alpha value is -1.96. The maximum atomic E-state index is 12.7. The van der Waals surface area contributed by atoms with Gasteiger partial charge in [-0.1, -0.05) is 0 Å². The van der Waals surface area contributed by atoms with Gasteiger partial charge in [0.2, 0.25) is 5.91 Å². The second-order valence-corrected chi connectivity index (χ2v) is 9.92. The van der Waals surface area contributed by atoms with Crippen molar-refractivity contribution in [1.29, 1.82) is 0 Å². The second kappa shape index (κ2) is 8.05. The number of hydrogen-bond acceptors (Lipinski definition) is 6. The monoisotopic (exact) mass is 418 g/mol. The van der Waals surface area contributed by atoms with E-state index in [1.807, 2.05) is 13.8 Å². The highest BCUT2D eigenvalue weighted by Gasteiger charge is 2.51. The molecule has 7 nitrogen and oxygen atoms in total. The summed E-state index contributed by atoms with van der Waals surface area (Å²) in [5, 5.41) is 7.62. The first kappa shape index (κ1) is 20.3. The lowest BCUT2D eigenvalue weighted by Gasteiger charge is -2.56. The zero-order valence-electron chi connectivity index (χ0n) is 17.4. The molecular formula is C21H30N4O3S. The summed E-state index contributed by atoms with van der Waals surface area (Å²) >= 11 is 1.18. The number of rotatable bonds is 6. The predicted molar refractivity (Wildman–Crippen MR) is 113 cm³/mol. The van der Waals surface area contributed by atoms with Crippen molar-refractivity contribution in [3.8, 4) is 0 Å². The minimum Gasteiger partial charge on any atom is -0.450 e. The lowest BCUT2D eigenvalue weighted by Crippen LogP contribution is -2.47. The Bertz CT molecular complexity index is 797. The third-order valence-electron chi connectivity index (χ3n) is 6.76. The summed E-state index contributed by atoms with van der Waals surface area (Å²) < 4.78 is 9.24. The van der Waals surface area contributed by atoms with Crippen LogP contribution in [0.25, 0.3) is 0 Å². The normalized spacial score (nSPS) is 30.3. The lowest BCUT2D eigenvalue weighted by molar-refractivity contribution is -0.129. The fourth-order valence-corrected chi connectivity index (χ4v) is 7.06. The average molecular weight is 419 g/mol. The maximum Gasteiger partial charge on any atom is 0.412 e. The fourth-order valence-electron chi connectivity index (χ4n) is 6.23. The van der Waals surface area contributed by atoms with Crippen LogP contribution in [-0.4, -0.2) is 28.7 Å². The minimum absolute atomic E-state index is 0.00737. The summed E-state index contributed by atoms with van der Waals surface area (Å²) in [4.78, 5) is 24.5. The number of aromatic nitrogens is 1. The van der Waals surface area contributed by atoms with Crippen LogP contribution in [0.2, 0.25) is 0 Å². The smallest absolute Gasteiger partial charge is 0.412 e. The van der Waals surface area contributed by atoms with Crippen LogP contribution in [0.1, 0.15) is 70.1 Å². The molecular weight excluding hydrogens is 388 g/mol. The van der Waals surface area contributed by atoms with Crippen molar-refractivity contribution in [2.45, 2.75) is 65.7 Å². The lowest BCUT2D eigenvalue weighted by atomic mass is 9.49. The maximum absolute atomic E-state index is 12.7. The largest absolute Gasteiger partial charge is 0.450 e. The molecule has 5 rings (SSSR count). The predicted octanol–water partition coefficient (Wildman–Crippen LogP) is 4.47. The molecule has 4 aliphatic carbocycles. The number of nitrogens with zero attached hydrogens (tertiary/aromatic N) is 2. The Morgan fingerprint density at radius 1 is 1.21 bits per heavy atom. The van der Waals surface area contributed by atoms with E-state index in [9.17, 15) is 9.59 Å². The summed E-state index contributed by atoms with van der Waals surface area (Å²) in [6, 6.07) is 0. The van der Waals surface area contributed by atoms with Crippen molar-refractivity contribution in [3.63, 3.8) is 0 Å². The first-order chi connectivity index (χ1) is 13.9. The van der Waals surface area contributed by atoms with E-state index in [-0.39, 0.29) is 11.3 Å². The molecule has 1 aromatic heterocycles. The van der Waals surface area contributed by atoms with Crippen molar-refractivity contribution in [2.24, 2.45) is 28.3 Å². The standard InChI is InChI=1S/C21H30N4O3S/c1-4-28-20(27)22-19-18(13(3)25-29-19)12(2)23-24-17(26)11-21-8-14-5-15(9-21)7-16(6-14)10-21/h14-16H,4-11H2,1-3H3,(H,22,27)(H,24,26)/b23-12+. The molecule has 2 amide bonds. The molecule has 4 saturated carbocycles. The molecule has 4 aliphatic rings. The topological polar surface area (TPSA) is 92.7 Å². The summed E-state index contributed by atoms with van der Waals surface area (Å²) in [5.74, 6) is 2.48. The molecule has 4 fully saturated rings. The zero-order valence-corrected chi connectivity index (χ0v) is 18.2. The summed E-state index contributed by atoms with van der Waals surface area (Å²) in [7, 11) is 0. The van der Waals surface area contributed by atoms with Gasteiger partial charge < -0.3 is 4.74 Å². The van der Waals surface area contributed by atoms with Crippen LogP contribution >= 0.6 is 11.5 Å². The number of anilines is 1. The third kappa shape index (κ3) is 4.32. The molecule has 0 unspecified atom stereocenters. The minimum atomic E-state index is -0.518. The van der Waals surface area contributed by atoms with Gasteiger partial charge in [0.15, 0.2) is 0 Å². The summed E-state index contributed by atoms with van der Waals surface area (Å²) in [6.07, 6.45) is 7.79. The van der Waals surface area contributed by atoms with Gasteiger partial charge >= 0.3 is 6.09 Å². The molecule has 0 aromatic carbocycles. The number of amides is 2. The summed E-state index contributed by atoms with van der Waals surface area (Å²) in [5.41, 5.74) is 5.08. The Labute approximate surface area is 175 Å². The second-order valence-electron chi connectivity index (χ2n) is 9.14. The van der Waals surface area contributed by atoms with Crippen LogP contribution in [0.4, 0.5) is 9.80 Å². The average Bonchev–Trinajstić information content (AvgIpc) is 2.98. The molecule has 0 spiro atoms. The molecule has 0 radical (unpaired) electrons. The Morgan fingerprint density at radius 3 is 2.41 bits per heavy atom. The number of carbonyl (C=O) groups is 2. The van der Waals surface area contributed by atoms with Gasteiger partial charge in [-0.15, -0.1) is 0 Å². The molecule has 158 valence electrons. The molecule has 1 aromatic rings. The number of aryl methyl sites for hydroxylation is 1. The van der Waals surface area contributed by atoms with E-state index < -0.39 is 6.09 Å². The molecule has 8 heteroatoms. The van der Waals surface area contributed by atoms with Gasteiger partial charge in [-0.3, -0.25) is 10.1 Å². The van der Waals surface area contributed by atoms with E-state index in [1.54, 1.807) is 6.92 Å². The van der Waals surface area contributed by atoms with E-state index in [0.717, 1.165) is 29.0 Å². The van der Waals surface area contributed by atoms with E-state index in [4.69, 9.17) is 4.74 Å². The molecule has 0 saturated heterocycles. The SMILES string of the molecule is CCOC(=O)Nc1snc(C)c1/C(C)=N/NC(=O)CC12CC3CC(CC(C3)C1)C2. The number of hydrogen-bond donors (Lipinski definition) is 2. The molecule has 4 bridgehead atoms. The highest BCUT2D eigenvalue weighted by atomic mass is 32.1. The van der Waals surface area contributed by atoms with Gasteiger partial charge in [0.05, 0.1) is 23.6 Å². The highest BCUT2D eigenvalue weighted by molar-refractivity contribution is 7.11. The van der Waals surface area contributed by atoms with Crippen molar-refractivity contribution < 1.29 is 14.3 Å². The number of ether oxygens (including phenoxy) is 1. The van der Waals surface area contributed by atoms with Crippen molar-refractivity contribution in [3.05, 3.63) is 11.3 Å². The van der Waals surface area contributed by atoms with Gasteiger partial charge in [-0.05, 0) is 94.0 Å². The van der Waals surface area contributed by atoms with E-state index >= 15 is 0 Å². The van der Waals surface area contributed by atoms with Crippen molar-refractivity contribution in [1.82, 2.24) is 9.80 Å². The Balaban J connectivity index is 1.40. The molecule has 0 aliphatic heterocycles. The molecule has 1 heterocycles. The van der Waals surface area contributed by atoms with Crippen LogP contribution in [0, 0.1) is 30.1 Å². The van der Waals surface area contributed by atoms with E-state index in [0.29, 0.717) is 23.7 Å². The van der Waals surface area contributed by atoms with Crippen LogP contribution < -0.4 is 10.7 Å². The van der Waals surface area contributed by atoms with Gasteiger partial charge in [0.1, 0.15) is 5.00 Å². The zero-order chi connectivity index (χ0) is 20.6. The quantitative estimate of drug-likeness (QED) is 0.527. The van der Waals surface area contributed by atoms with Crippen molar-refractivity contribution >= 4 is 34.2 Å². The number of carbonyl (C=O) groups excluding carboxylic acids is 2. The van der Waals surface area contributed by atoms with E-state index in [2.05, 4.69) is 20.2 Å². The first-order valence-corrected chi connectivity index (χ1v) is 11.4. The van der Waals surface area contributed by atoms with Gasteiger partial charge in [0, 0.05) is 6.42 Å².